The predicted octanol–water partition coefficient (Wildman–Crippen LogP) is 1.23. The van der Waals surface area contributed by atoms with Crippen molar-refractivity contribution >= 4 is 46.1 Å². The summed E-state index contributed by atoms with van der Waals surface area (Å²) in [5.74, 6) is -2.33. The molecule has 2 aliphatic heterocycles. The number of carbonyl (C=O) groups excluding carboxylic acids is 5. The van der Waals surface area contributed by atoms with Crippen molar-refractivity contribution in [1.29, 1.82) is 0 Å². The zero-order valence-corrected chi connectivity index (χ0v) is 20.2. The van der Waals surface area contributed by atoms with Crippen molar-refractivity contribution < 1.29 is 24.0 Å². The molecule has 1 unspecified atom stereocenters. The molecule has 3 aromatic rings. The lowest BCUT2D eigenvalue weighted by atomic mass is 9.98. The molecule has 190 valence electrons. The highest BCUT2D eigenvalue weighted by Crippen LogP contribution is 2.20. The van der Waals surface area contributed by atoms with Gasteiger partial charge in [0.25, 0.3) is 0 Å². The number of carbonyl (C=O) groups is 5. The second-order valence-electron chi connectivity index (χ2n) is 9.38. The molecule has 0 saturated carbocycles. The monoisotopic (exact) mass is 501 g/mol. The Labute approximate surface area is 213 Å². The summed E-state index contributed by atoms with van der Waals surface area (Å²) in [6.07, 6.45) is 2.73. The van der Waals surface area contributed by atoms with E-state index in [2.05, 4.69) is 15.6 Å². The number of nitrogens with zero attached hydrogens (tertiary/aromatic N) is 2. The molecule has 2 aromatic carbocycles. The number of piperazine rings is 1. The van der Waals surface area contributed by atoms with Gasteiger partial charge in [0, 0.05) is 55.4 Å². The molecule has 5 amide bonds. The number of rotatable bonds is 5. The van der Waals surface area contributed by atoms with Crippen LogP contribution in [0.2, 0.25) is 0 Å². The highest BCUT2D eigenvalue weighted by molar-refractivity contribution is 6.39. The quantitative estimate of drug-likeness (QED) is 0.357. The summed E-state index contributed by atoms with van der Waals surface area (Å²) in [5, 5.41) is 5.92. The van der Waals surface area contributed by atoms with Gasteiger partial charge in [-0.05, 0) is 35.7 Å². The molecule has 10 heteroatoms. The van der Waals surface area contributed by atoms with E-state index >= 15 is 0 Å². The van der Waals surface area contributed by atoms with E-state index in [1.807, 2.05) is 30.5 Å². The van der Waals surface area contributed by atoms with Crippen LogP contribution >= 0.6 is 0 Å². The van der Waals surface area contributed by atoms with E-state index in [1.54, 1.807) is 29.2 Å². The van der Waals surface area contributed by atoms with Crippen LogP contribution in [0, 0.1) is 5.92 Å². The maximum absolute atomic E-state index is 12.8. The van der Waals surface area contributed by atoms with Crippen molar-refractivity contribution in [3.63, 3.8) is 0 Å². The van der Waals surface area contributed by atoms with E-state index in [-0.39, 0.29) is 49.6 Å². The van der Waals surface area contributed by atoms with Crippen molar-refractivity contribution in [2.45, 2.75) is 19.3 Å². The number of aromatic nitrogens is 1. The number of benzene rings is 2. The third-order valence-corrected chi connectivity index (χ3v) is 6.89. The zero-order valence-electron chi connectivity index (χ0n) is 20.2. The van der Waals surface area contributed by atoms with Gasteiger partial charge in [0.05, 0.1) is 12.3 Å². The second kappa shape index (κ2) is 10.3. The Morgan fingerprint density at radius 3 is 2.32 bits per heavy atom. The van der Waals surface area contributed by atoms with Gasteiger partial charge in [0.2, 0.25) is 17.7 Å². The SMILES string of the molecule is O=C1CC(Cc2ccc(NC(=O)C(=O)N3CCN(C(=O)Cc4c[nH]c5ccccc45)CC3)cc2)C(=O)N1. The Kier molecular flexibility index (Phi) is 6.72. The average molecular weight is 502 g/mol. The summed E-state index contributed by atoms with van der Waals surface area (Å²) in [4.78, 5) is 67.5. The zero-order chi connectivity index (χ0) is 25.9. The van der Waals surface area contributed by atoms with Gasteiger partial charge < -0.3 is 20.1 Å². The summed E-state index contributed by atoms with van der Waals surface area (Å²) >= 11 is 0. The maximum atomic E-state index is 12.8. The molecule has 10 nitrogen and oxygen atoms in total. The Morgan fingerprint density at radius 2 is 1.62 bits per heavy atom. The lowest BCUT2D eigenvalue weighted by Crippen LogP contribution is -2.53. The number of para-hydroxylation sites is 1. The van der Waals surface area contributed by atoms with E-state index in [0.717, 1.165) is 22.0 Å². The van der Waals surface area contributed by atoms with E-state index in [1.165, 1.54) is 4.90 Å². The predicted molar refractivity (Wildman–Crippen MR) is 135 cm³/mol. The molecule has 0 bridgehead atoms. The first kappa shape index (κ1) is 24.2. The van der Waals surface area contributed by atoms with Gasteiger partial charge in [0.15, 0.2) is 0 Å². The molecule has 2 saturated heterocycles. The Hall–Kier alpha value is -4.47. The number of aromatic amines is 1. The summed E-state index contributed by atoms with van der Waals surface area (Å²) in [7, 11) is 0. The average Bonchev–Trinajstić information content (AvgIpc) is 3.46. The molecule has 5 rings (SSSR count). The molecule has 0 aliphatic carbocycles. The fraction of sp³-hybridized carbons (Fsp3) is 0.296. The molecule has 1 atom stereocenters. The van der Waals surface area contributed by atoms with Gasteiger partial charge in [-0.25, -0.2) is 0 Å². The number of hydrogen-bond acceptors (Lipinski definition) is 5. The van der Waals surface area contributed by atoms with Crippen LogP contribution in [0.1, 0.15) is 17.5 Å². The molecule has 2 fully saturated rings. The summed E-state index contributed by atoms with van der Waals surface area (Å²) < 4.78 is 0. The number of fused-ring (bicyclic) bond motifs is 1. The molecule has 0 radical (unpaired) electrons. The topological polar surface area (TPSA) is 132 Å². The van der Waals surface area contributed by atoms with Gasteiger partial charge in [-0.2, -0.15) is 0 Å². The normalized spacial score (nSPS) is 17.7. The first-order valence-corrected chi connectivity index (χ1v) is 12.2. The largest absolute Gasteiger partial charge is 0.361 e. The molecular formula is C27H27N5O5. The van der Waals surface area contributed by atoms with E-state index < -0.39 is 11.8 Å². The summed E-state index contributed by atoms with van der Waals surface area (Å²) in [5.41, 5.74) is 3.23. The minimum atomic E-state index is -0.743. The first-order chi connectivity index (χ1) is 17.9. The van der Waals surface area contributed by atoms with Gasteiger partial charge in [0.1, 0.15) is 0 Å². The fourth-order valence-corrected chi connectivity index (χ4v) is 4.82. The van der Waals surface area contributed by atoms with Gasteiger partial charge >= 0.3 is 11.8 Å². The number of H-pyrrole nitrogens is 1. The minimum Gasteiger partial charge on any atom is -0.361 e. The molecule has 3 heterocycles. The number of nitrogens with one attached hydrogen (secondary N) is 3. The van der Waals surface area contributed by atoms with E-state index in [0.29, 0.717) is 25.2 Å². The van der Waals surface area contributed by atoms with Gasteiger partial charge in [-0.3, -0.25) is 29.3 Å². The molecule has 3 N–H and O–H groups in total. The number of anilines is 1. The van der Waals surface area contributed by atoms with Crippen molar-refractivity contribution in [2.75, 3.05) is 31.5 Å². The van der Waals surface area contributed by atoms with Crippen LogP contribution in [0.4, 0.5) is 5.69 Å². The molecule has 2 aliphatic rings. The highest BCUT2D eigenvalue weighted by atomic mass is 16.2. The van der Waals surface area contributed by atoms with Crippen LogP contribution < -0.4 is 10.6 Å². The second-order valence-corrected chi connectivity index (χ2v) is 9.38. The minimum absolute atomic E-state index is 0.0131. The number of hydrogen-bond donors (Lipinski definition) is 3. The van der Waals surface area contributed by atoms with Crippen molar-refractivity contribution in [1.82, 2.24) is 20.1 Å². The van der Waals surface area contributed by atoms with Gasteiger partial charge in [-0.15, -0.1) is 0 Å². The van der Waals surface area contributed by atoms with Crippen molar-refractivity contribution in [3.05, 3.63) is 65.9 Å². The first-order valence-electron chi connectivity index (χ1n) is 12.2. The standard InChI is InChI=1S/C27H27N5O5/c33-23-14-18(25(35)30-23)13-17-5-7-20(8-6-17)29-26(36)27(37)32-11-9-31(10-12-32)24(34)15-19-16-28-22-4-2-1-3-21(19)22/h1-8,16,18,28H,9-15H2,(H,29,36)(H,30,33,35). The van der Waals surface area contributed by atoms with Crippen molar-refractivity contribution in [3.8, 4) is 0 Å². The van der Waals surface area contributed by atoms with Gasteiger partial charge in [-0.1, -0.05) is 30.3 Å². The molecule has 1 aromatic heterocycles. The van der Waals surface area contributed by atoms with E-state index in [9.17, 15) is 24.0 Å². The molecule has 37 heavy (non-hydrogen) atoms. The Morgan fingerprint density at radius 1 is 0.919 bits per heavy atom. The molecule has 0 spiro atoms. The van der Waals surface area contributed by atoms with Crippen LogP contribution in [0.25, 0.3) is 10.9 Å². The van der Waals surface area contributed by atoms with Crippen LogP contribution in [-0.2, 0) is 36.8 Å². The van der Waals surface area contributed by atoms with E-state index in [4.69, 9.17) is 0 Å². The fourth-order valence-electron chi connectivity index (χ4n) is 4.82. The maximum Gasteiger partial charge on any atom is 0.313 e. The Bertz CT molecular complexity index is 1370. The summed E-state index contributed by atoms with van der Waals surface area (Å²) in [6, 6.07) is 14.7. The Balaban J connectivity index is 1.10. The van der Waals surface area contributed by atoms with Crippen LogP contribution in [0.15, 0.2) is 54.7 Å². The lowest BCUT2D eigenvalue weighted by molar-refractivity contribution is -0.146. The van der Waals surface area contributed by atoms with Crippen LogP contribution in [-0.4, -0.2) is 70.5 Å². The third kappa shape index (κ3) is 5.37. The summed E-state index contributed by atoms with van der Waals surface area (Å²) in [6.45, 7) is 1.30. The highest BCUT2D eigenvalue weighted by Gasteiger charge is 2.31. The molecular weight excluding hydrogens is 474 g/mol. The van der Waals surface area contributed by atoms with Crippen molar-refractivity contribution in [2.24, 2.45) is 5.92 Å². The lowest BCUT2D eigenvalue weighted by Gasteiger charge is -2.34. The third-order valence-electron chi connectivity index (χ3n) is 6.89. The number of imide groups is 1. The number of amides is 5. The van der Waals surface area contributed by atoms with Crippen LogP contribution in [0.5, 0.6) is 0 Å². The van der Waals surface area contributed by atoms with Crippen LogP contribution in [0.3, 0.4) is 0 Å². The smallest absolute Gasteiger partial charge is 0.313 e.